The Kier molecular flexibility index (Phi) is 4.11. The molecule has 0 radical (unpaired) electrons. The zero-order valence-electron chi connectivity index (χ0n) is 11.5. The molecule has 2 aromatic rings. The van der Waals surface area contributed by atoms with Crippen molar-refractivity contribution in [1.29, 1.82) is 0 Å². The maximum atomic E-state index is 12.1. The van der Waals surface area contributed by atoms with Gasteiger partial charge in [-0.3, -0.25) is 0 Å². The van der Waals surface area contributed by atoms with Crippen LogP contribution >= 0.6 is 15.9 Å². The number of fused-ring (bicyclic) bond motifs is 1. The number of hydrogen-bond acceptors (Lipinski definition) is 5. The highest BCUT2D eigenvalue weighted by atomic mass is 79.9. The van der Waals surface area contributed by atoms with E-state index in [1.165, 1.54) is 0 Å². The van der Waals surface area contributed by atoms with E-state index in [1.54, 1.807) is 47.4 Å². The molecule has 6 heteroatoms. The third-order valence-corrected chi connectivity index (χ3v) is 3.64. The molecule has 1 aliphatic rings. The fourth-order valence-electron chi connectivity index (χ4n) is 2.16. The van der Waals surface area contributed by atoms with Crippen molar-refractivity contribution in [3.8, 4) is 11.5 Å². The Balaban J connectivity index is 1.71. The lowest BCUT2D eigenvalue weighted by Crippen LogP contribution is -2.41. The molecule has 3 rings (SSSR count). The van der Waals surface area contributed by atoms with Crippen LogP contribution < -0.4 is 14.4 Å². The Hall–Kier alpha value is -2.34. The number of benzene rings is 2. The Labute approximate surface area is 135 Å². The van der Waals surface area contributed by atoms with Gasteiger partial charge in [-0.05, 0) is 36.4 Å². The van der Waals surface area contributed by atoms with E-state index < -0.39 is 11.9 Å². The number of anilines is 1. The summed E-state index contributed by atoms with van der Waals surface area (Å²) in [6.45, 7) is -0.00533. The van der Waals surface area contributed by atoms with Gasteiger partial charge < -0.3 is 14.4 Å². The zero-order chi connectivity index (χ0) is 15.5. The molecule has 0 unspecified atom stereocenters. The quantitative estimate of drug-likeness (QED) is 0.621. The number of carbonyl (C=O) groups excluding carboxylic acids is 2. The smallest absolute Gasteiger partial charge is 0.331 e. The highest BCUT2D eigenvalue weighted by Gasteiger charge is 2.25. The van der Waals surface area contributed by atoms with E-state index in [0.717, 1.165) is 4.47 Å². The minimum atomic E-state index is -0.438. The third-order valence-electron chi connectivity index (χ3n) is 3.11. The van der Waals surface area contributed by atoms with Gasteiger partial charge in [0.15, 0.2) is 5.75 Å². The molecule has 2 aromatic carbocycles. The second-order valence-corrected chi connectivity index (χ2v) is 5.64. The van der Waals surface area contributed by atoms with Gasteiger partial charge in [0.25, 0.3) is 0 Å². The minimum absolute atomic E-state index is 0.0203. The molecule has 0 fully saturated rings. The van der Waals surface area contributed by atoms with Crippen molar-refractivity contribution in [2.45, 2.75) is 0 Å². The summed E-state index contributed by atoms with van der Waals surface area (Å²) in [5.41, 5.74) is 0.704. The Morgan fingerprint density at radius 2 is 1.91 bits per heavy atom. The van der Waals surface area contributed by atoms with Crippen LogP contribution in [-0.4, -0.2) is 25.0 Å². The van der Waals surface area contributed by atoms with Gasteiger partial charge >= 0.3 is 11.9 Å². The molecule has 0 amide bonds. The molecule has 0 bridgehead atoms. The van der Waals surface area contributed by atoms with Gasteiger partial charge in [-0.25, -0.2) is 9.59 Å². The Morgan fingerprint density at radius 3 is 2.68 bits per heavy atom. The molecule has 0 aromatic heterocycles. The summed E-state index contributed by atoms with van der Waals surface area (Å²) >= 11 is 3.32. The second kappa shape index (κ2) is 6.19. The molecule has 5 nitrogen and oxygen atoms in total. The fourth-order valence-corrected chi connectivity index (χ4v) is 2.43. The van der Waals surface area contributed by atoms with Gasteiger partial charge in [-0.2, -0.15) is 0 Å². The average molecular weight is 362 g/mol. The van der Waals surface area contributed by atoms with E-state index in [1.807, 2.05) is 6.07 Å². The highest BCUT2D eigenvalue weighted by Crippen LogP contribution is 2.31. The Morgan fingerprint density at radius 1 is 1.18 bits per heavy atom. The summed E-state index contributed by atoms with van der Waals surface area (Å²) < 4.78 is 11.3. The van der Waals surface area contributed by atoms with E-state index in [9.17, 15) is 9.59 Å². The summed E-state index contributed by atoms with van der Waals surface area (Å²) in [7, 11) is 0. The van der Waals surface area contributed by atoms with Crippen molar-refractivity contribution in [1.82, 2.24) is 0 Å². The molecule has 112 valence electrons. The maximum Gasteiger partial charge on any atom is 0.331 e. The van der Waals surface area contributed by atoms with Crippen molar-refractivity contribution < 1.29 is 19.1 Å². The first-order valence-corrected chi connectivity index (χ1v) is 7.42. The number of hydrogen-bond donors (Lipinski definition) is 0. The maximum absolute atomic E-state index is 12.1. The van der Waals surface area contributed by atoms with E-state index in [4.69, 9.17) is 9.47 Å². The van der Waals surface area contributed by atoms with Gasteiger partial charge in [0.1, 0.15) is 18.8 Å². The van der Waals surface area contributed by atoms with E-state index in [-0.39, 0.29) is 13.1 Å². The van der Waals surface area contributed by atoms with Crippen LogP contribution in [0.3, 0.4) is 0 Å². The molecule has 22 heavy (non-hydrogen) atoms. The lowest BCUT2D eigenvalue weighted by molar-refractivity contribution is -0.134. The second-order valence-electron chi connectivity index (χ2n) is 4.73. The predicted molar refractivity (Wildman–Crippen MR) is 84.1 cm³/mol. The van der Waals surface area contributed by atoms with Gasteiger partial charge in [-0.15, -0.1) is 0 Å². The van der Waals surface area contributed by atoms with Crippen molar-refractivity contribution in [3.63, 3.8) is 0 Å². The number of rotatable bonds is 3. The highest BCUT2D eigenvalue weighted by molar-refractivity contribution is 9.10. The van der Waals surface area contributed by atoms with Gasteiger partial charge in [0.2, 0.25) is 0 Å². The standard InChI is InChI=1S/C16H12BrNO4/c17-11-5-7-12(8-6-11)21-15(19)9-18-10-16(20)22-14-4-2-1-3-13(14)18/h1-8H,9-10H2. The molecular weight excluding hydrogens is 350 g/mol. The van der Waals surface area contributed by atoms with E-state index >= 15 is 0 Å². The lowest BCUT2D eigenvalue weighted by atomic mass is 10.2. The molecule has 1 heterocycles. The molecule has 0 aliphatic carbocycles. The zero-order valence-corrected chi connectivity index (χ0v) is 13.1. The number of halogens is 1. The largest absolute Gasteiger partial charge is 0.425 e. The van der Waals surface area contributed by atoms with Gasteiger partial charge in [0, 0.05) is 4.47 Å². The average Bonchev–Trinajstić information content (AvgIpc) is 2.49. The van der Waals surface area contributed by atoms with Crippen LogP contribution in [0.2, 0.25) is 0 Å². The summed E-state index contributed by atoms with van der Waals surface area (Å²) in [6.07, 6.45) is 0. The first-order valence-electron chi connectivity index (χ1n) is 6.63. The summed E-state index contributed by atoms with van der Waals surface area (Å²) in [4.78, 5) is 25.3. The topological polar surface area (TPSA) is 55.8 Å². The first kappa shape index (κ1) is 14.6. The van der Waals surface area contributed by atoms with Crippen molar-refractivity contribution in [3.05, 3.63) is 53.0 Å². The SMILES string of the molecule is O=C(CN1CC(=O)Oc2ccccc21)Oc1ccc(Br)cc1. The fraction of sp³-hybridized carbons (Fsp3) is 0.125. The van der Waals surface area contributed by atoms with E-state index in [2.05, 4.69) is 15.9 Å². The summed E-state index contributed by atoms with van der Waals surface area (Å²) in [6, 6.07) is 14.1. The van der Waals surface area contributed by atoms with Crippen molar-refractivity contribution in [2.24, 2.45) is 0 Å². The lowest BCUT2D eigenvalue weighted by Gasteiger charge is -2.28. The summed E-state index contributed by atoms with van der Waals surface area (Å²) in [5.74, 6) is 0.0817. The van der Waals surface area contributed by atoms with Gasteiger partial charge in [0.05, 0.1) is 5.69 Å². The number of nitrogens with zero attached hydrogens (tertiary/aromatic N) is 1. The molecule has 0 N–H and O–H groups in total. The number of carbonyl (C=O) groups is 2. The number of para-hydroxylation sites is 2. The molecule has 0 atom stereocenters. The molecule has 0 spiro atoms. The summed E-state index contributed by atoms with van der Waals surface area (Å²) in [5, 5.41) is 0. The van der Waals surface area contributed by atoms with Crippen molar-refractivity contribution >= 4 is 33.6 Å². The van der Waals surface area contributed by atoms with Crippen LogP contribution in [0.25, 0.3) is 0 Å². The minimum Gasteiger partial charge on any atom is -0.425 e. The molecular formula is C16H12BrNO4. The van der Waals surface area contributed by atoms with Crippen molar-refractivity contribution in [2.75, 3.05) is 18.0 Å². The van der Waals surface area contributed by atoms with Crippen LogP contribution in [0.4, 0.5) is 5.69 Å². The van der Waals surface area contributed by atoms with Crippen LogP contribution in [0.5, 0.6) is 11.5 Å². The normalized spacial score (nSPS) is 13.3. The number of ether oxygens (including phenoxy) is 2. The van der Waals surface area contributed by atoms with Gasteiger partial charge in [-0.1, -0.05) is 28.1 Å². The molecule has 0 saturated carbocycles. The number of esters is 2. The van der Waals surface area contributed by atoms with Crippen LogP contribution in [-0.2, 0) is 9.59 Å². The van der Waals surface area contributed by atoms with E-state index in [0.29, 0.717) is 17.2 Å². The van der Waals surface area contributed by atoms with Crippen LogP contribution in [0, 0.1) is 0 Å². The predicted octanol–water partition coefficient (Wildman–Crippen LogP) is 2.78. The third kappa shape index (κ3) is 3.28. The molecule has 1 aliphatic heterocycles. The van der Waals surface area contributed by atoms with Crippen LogP contribution in [0.15, 0.2) is 53.0 Å². The molecule has 0 saturated heterocycles. The van der Waals surface area contributed by atoms with Crippen LogP contribution in [0.1, 0.15) is 0 Å². The first-order chi connectivity index (χ1) is 10.6. The monoisotopic (exact) mass is 361 g/mol. The Bertz CT molecular complexity index is 714.